The highest BCUT2D eigenvalue weighted by Gasteiger charge is 2.12. The van der Waals surface area contributed by atoms with E-state index in [0.29, 0.717) is 12.3 Å². The molecule has 25 heavy (non-hydrogen) atoms. The lowest BCUT2D eigenvalue weighted by Crippen LogP contribution is -2.27. The highest BCUT2D eigenvalue weighted by molar-refractivity contribution is 8.00. The van der Waals surface area contributed by atoms with Gasteiger partial charge in [-0.25, -0.2) is 0 Å². The maximum absolute atomic E-state index is 12.5. The van der Waals surface area contributed by atoms with Crippen LogP contribution in [0.2, 0.25) is 0 Å². The Bertz CT molecular complexity index is 877. The molecule has 0 bridgehead atoms. The number of thioether (sulfide) groups is 1. The van der Waals surface area contributed by atoms with Crippen LogP contribution in [0.15, 0.2) is 65.7 Å². The molecule has 0 saturated carbocycles. The second-order valence-electron chi connectivity index (χ2n) is 5.70. The number of ether oxygens (including phenoxy) is 1. The molecule has 128 valence electrons. The third-order valence-electron chi connectivity index (χ3n) is 3.97. The smallest absolute Gasteiger partial charge is 0.232 e. The van der Waals surface area contributed by atoms with Gasteiger partial charge in [-0.2, -0.15) is 0 Å². The molecule has 0 fully saturated rings. The number of pyridine rings is 1. The van der Waals surface area contributed by atoms with Crippen molar-refractivity contribution in [2.24, 2.45) is 0 Å². The summed E-state index contributed by atoms with van der Waals surface area (Å²) in [5.41, 5.74) is 2.06. The maximum atomic E-state index is 12.5. The monoisotopic (exact) mass is 352 g/mol. The fraction of sp³-hybridized carbons (Fsp3) is 0.200. The Hall–Kier alpha value is -2.53. The topological polar surface area (TPSA) is 42.4 Å². The predicted molar refractivity (Wildman–Crippen MR) is 102 cm³/mol. The molecular weight excluding hydrogens is 332 g/mol. The summed E-state index contributed by atoms with van der Waals surface area (Å²) in [5.74, 6) is 1.29. The van der Waals surface area contributed by atoms with Gasteiger partial charge in [0.05, 0.1) is 18.4 Å². The van der Waals surface area contributed by atoms with Gasteiger partial charge in [0.15, 0.2) is 0 Å². The Kier molecular flexibility index (Phi) is 5.56. The van der Waals surface area contributed by atoms with Crippen molar-refractivity contribution in [2.45, 2.75) is 11.4 Å². The lowest BCUT2D eigenvalue weighted by Gasteiger charge is -2.18. The summed E-state index contributed by atoms with van der Waals surface area (Å²) in [6.45, 7) is 0.570. The van der Waals surface area contributed by atoms with Crippen molar-refractivity contribution in [3.63, 3.8) is 0 Å². The minimum Gasteiger partial charge on any atom is -0.497 e. The zero-order valence-corrected chi connectivity index (χ0v) is 15.1. The molecule has 1 heterocycles. The van der Waals surface area contributed by atoms with E-state index >= 15 is 0 Å². The maximum Gasteiger partial charge on any atom is 0.232 e. The van der Waals surface area contributed by atoms with Crippen molar-refractivity contribution in [2.75, 3.05) is 19.9 Å². The molecule has 4 nitrogen and oxygen atoms in total. The molecule has 0 spiro atoms. The van der Waals surface area contributed by atoms with Crippen LogP contribution >= 0.6 is 11.8 Å². The number of rotatable bonds is 6. The second-order valence-corrected chi connectivity index (χ2v) is 6.75. The van der Waals surface area contributed by atoms with Gasteiger partial charge in [-0.1, -0.05) is 24.3 Å². The van der Waals surface area contributed by atoms with E-state index < -0.39 is 0 Å². The van der Waals surface area contributed by atoms with E-state index in [2.05, 4.69) is 4.98 Å². The highest BCUT2D eigenvalue weighted by Crippen LogP contribution is 2.23. The number of carbonyl (C=O) groups is 1. The van der Waals surface area contributed by atoms with E-state index in [1.807, 2.05) is 61.6 Å². The number of carbonyl (C=O) groups excluding carboxylic acids is 1. The number of benzene rings is 2. The number of nitrogens with zero attached hydrogens (tertiary/aromatic N) is 2. The number of amides is 1. The third kappa shape index (κ3) is 4.31. The number of aromatic nitrogens is 1. The SMILES string of the molecule is COc1cccc(SCC(=O)N(C)Cc2cccc3ncccc23)c1. The van der Waals surface area contributed by atoms with Crippen molar-refractivity contribution in [1.82, 2.24) is 9.88 Å². The minimum absolute atomic E-state index is 0.0914. The fourth-order valence-electron chi connectivity index (χ4n) is 2.59. The first kappa shape index (κ1) is 17.3. The second kappa shape index (κ2) is 8.03. The Balaban J connectivity index is 1.64. The molecule has 0 atom stereocenters. The normalized spacial score (nSPS) is 10.6. The Morgan fingerprint density at radius 3 is 2.84 bits per heavy atom. The van der Waals surface area contributed by atoms with Gasteiger partial charge in [0.1, 0.15) is 5.75 Å². The molecule has 0 aliphatic heterocycles. The quantitative estimate of drug-likeness (QED) is 0.629. The summed E-state index contributed by atoms with van der Waals surface area (Å²) >= 11 is 1.52. The van der Waals surface area contributed by atoms with E-state index in [9.17, 15) is 4.79 Å². The molecule has 3 aromatic rings. The van der Waals surface area contributed by atoms with E-state index in [-0.39, 0.29) is 5.91 Å². The summed E-state index contributed by atoms with van der Waals surface area (Å²) in [7, 11) is 3.48. The van der Waals surface area contributed by atoms with Gasteiger partial charge < -0.3 is 9.64 Å². The standard InChI is InChI=1S/C20H20N2O2S/c1-22(13-15-6-3-10-19-18(15)9-5-11-21-19)20(23)14-25-17-8-4-7-16(12-17)24-2/h3-12H,13-14H2,1-2H3. The number of hydrogen-bond donors (Lipinski definition) is 0. The third-order valence-corrected chi connectivity index (χ3v) is 4.95. The van der Waals surface area contributed by atoms with Crippen LogP contribution in [0.4, 0.5) is 0 Å². The molecule has 2 aromatic carbocycles. The number of fused-ring (bicyclic) bond motifs is 1. The Morgan fingerprint density at radius 2 is 2.00 bits per heavy atom. The summed E-state index contributed by atoms with van der Waals surface area (Å²) in [6, 6.07) is 17.7. The van der Waals surface area contributed by atoms with Crippen molar-refractivity contribution in [1.29, 1.82) is 0 Å². The minimum atomic E-state index is 0.0914. The lowest BCUT2D eigenvalue weighted by atomic mass is 10.1. The van der Waals surface area contributed by atoms with Crippen LogP contribution in [0.1, 0.15) is 5.56 Å². The molecule has 0 N–H and O–H groups in total. The Labute approximate surface area is 151 Å². The molecule has 1 aromatic heterocycles. The van der Waals surface area contributed by atoms with Crippen LogP contribution in [0, 0.1) is 0 Å². The van der Waals surface area contributed by atoms with Crippen LogP contribution < -0.4 is 4.74 Å². The van der Waals surface area contributed by atoms with E-state index in [1.54, 1.807) is 18.2 Å². The molecule has 3 rings (SSSR count). The van der Waals surface area contributed by atoms with Gasteiger partial charge >= 0.3 is 0 Å². The van der Waals surface area contributed by atoms with Crippen LogP contribution in [0.3, 0.4) is 0 Å². The zero-order valence-electron chi connectivity index (χ0n) is 14.3. The van der Waals surface area contributed by atoms with Gasteiger partial charge in [0.25, 0.3) is 0 Å². The van der Waals surface area contributed by atoms with Crippen molar-refractivity contribution in [3.05, 3.63) is 66.4 Å². The van der Waals surface area contributed by atoms with Gasteiger partial charge in [-0.05, 0) is 35.9 Å². The molecule has 0 saturated heterocycles. The van der Waals surface area contributed by atoms with Gasteiger partial charge in [0, 0.05) is 30.1 Å². The molecule has 0 aliphatic rings. The van der Waals surface area contributed by atoms with Gasteiger partial charge in [-0.3, -0.25) is 9.78 Å². The van der Waals surface area contributed by atoms with E-state index in [0.717, 1.165) is 27.1 Å². The van der Waals surface area contributed by atoms with Gasteiger partial charge in [-0.15, -0.1) is 11.8 Å². The average Bonchev–Trinajstić information content (AvgIpc) is 2.66. The fourth-order valence-corrected chi connectivity index (χ4v) is 3.48. The van der Waals surface area contributed by atoms with Crippen LogP contribution in [-0.4, -0.2) is 35.7 Å². The molecule has 0 aliphatic carbocycles. The Morgan fingerprint density at radius 1 is 1.16 bits per heavy atom. The van der Waals surface area contributed by atoms with Gasteiger partial charge in [0.2, 0.25) is 5.91 Å². The van der Waals surface area contributed by atoms with Crippen molar-refractivity contribution < 1.29 is 9.53 Å². The highest BCUT2D eigenvalue weighted by atomic mass is 32.2. The predicted octanol–water partition coefficient (Wildman–Crippen LogP) is 3.99. The first-order valence-corrected chi connectivity index (χ1v) is 8.99. The summed E-state index contributed by atoms with van der Waals surface area (Å²) in [6.07, 6.45) is 1.78. The van der Waals surface area contributed by atoms with E-state index in [4.69, 9.17) is 4.74 Å². The van der Waals surface area contributed by atoms with Crippen molar-refractivity contribution >= 4 is 28.6 Å². The summed E-state index contributed by atoms with van der Waals surface area (Å²) in [4.78, 5) is 19.6. The zero-order chi connectivity index (χ0) is 17.6. The first-order valence-electron chi connectivity index (χ1n) is 8.01. The molecular formula is C20H20N2O2S. The molecule has 1 amide bonds. The first-order chi connectivity index (χ1) is 12.2. The number of hydrogen-bond acceptors (Lipinski definition) is 4. The largest absolute Gasteiger partial charge is 0.497 e. The summed E-state index contributed by atoms with van der Waals surface area (Å²) in [5, 5.41) is 1.09. The molecule has 0 radical (unpaired) electrons. The van der Waals surface area contributed by atoms with Crippen LogP contribution in [-0.2, 0) is 11.3 Å². The van der Waals surface area contributed by atoms with Crippen molar-refractivity contribution in [3.8, 4) is 5.75 Å². The average molecular weight is 352 g/mol. The molecule has 5 heteroatoms. The van der Waals surface area contributed by atoms with Crippen LogP contribution in [0.5, 0.6) is 5.75 Å². The lowest BCUT2D eigenvalue weighted by molar-refractivity contribution is -0.127. The molecule has 0 unspecified atom stereocenters. The number of methoxy groups -OCH3 is 1. The van der Waals surface area contributed by atoms with Crippen LogP contribution in [0.25, 0.3) is 10.9 Å². The van der Waals surface area contributed by atoms with E-state index in [1.165, 1.54) is 11.8 Å². The summed E-state index contributed by atoms with van der Waals surface area (Å²) < 4.78 is 5.21.